The lowest BCUT2D eigenvalue weighted by atomic mass is 10.0. The van der Waals surface area contributed by atoms with Crippen molar-refractivity contribution in [1.82, 2.24) is 19.7 Å². The summed E-state index contributed by atoms with van der Waals surface area (Å²) < 4.78 is 40.8. The zero-order chi connectivity index (χ0) is 17.5. The molecule has 0 aliphatic carbocycles. The number of aromatic amines is 1. The van der Waals surface area contributed by atoms with E-state index in [4.69, 9.17) is 0 Å². The zero-order valence-corrected chi connectivity index (χ0v) is 12.8. The highest BCUT2D eigenvalue weighted by Crippen LogP contribution is 2.35. The normalized spacial score (nSPS) is 13.2. The van der Waals surface area contributed by atoms with Crippen molar-refractivity contribution in [2.75, 3.05) is 5.32 Å². The molecule has 3 aromatic rings. The van der Waals surface area contributed by atoms with Gasteiger partial charge in [-0.2, -0.15) is 23.3 Å². The number of nitrogens with zero attached hydrogens (tertiary/aromatic N) is 3. The highest BCUT2D eigenvalue weighted by atomic mass is 19.4. The Morgan fingerprint density at radius 1 is 1.29 bits per heavy atom. The Hall–Kier alpha value is -2.84. The third-order valence-electron chi connectivity index (χ3n) is 3.69. The molecule has 0 fully saturated rings. The van der Waals surface area contributed by atoms with Gasteiger partial charge in [-0.25, -0.2) is 0 Å². The quantitative estimate of drug-likeness (QED) is 0.771. The van der Waals surface area contributed by atoms with Gasteiger partial charge in [0.15, 0.2) is 5.65 Å². The van der Waals surface area contributed by atoms with Crippen LogP contribution in [0.2, 0.25) is 0 Å². The van der Waals surface area contributed by atoms with Crippen molar-refractivity contribution in [3.8, 4) is 0 Å². The van der Waals surface area contributed by atoms with Crippen molar-refractivity contribution in [3.63, 3.8) is 0 Å². The summed E-state index contributed by atoms with van der Waals surface area (Å²) in [5, 5.41) is 7.06. The van der Waals surface area contributed by atoms with E-state index in [0.717, 1.165) is 6.07 Å². The molecule has 126 valence electrons. The SMILES string of the molecule is C[C@H](Nc1nc2c(cnn2C)c(=O)[nH]1)c1ccccc1C(F)(F)F. The molecule has 0 radical (unpaired) electrons. The molecule has 24 heavy (non-hydrogen) atoms. The first-order valence-electron chi connectivity index (χ1n) is 7.12. The number of rotatable bonds is 3. The monoisotopic (exact) mass is 337 g/mol. The van der Waals surface area contributed by atoms with Crippen LogP contribution in [0.4, 0.5) is 19.1 Å². The predicted molar refractivity (Wildman–Crippen MR) is 82.6 cm³/mol. The van der Waals surface area contributed by atoms with Gasteiger partial charge in [0.1, 0.15) is 5.39 Å². The van der Waals surface area contributed by atoms with Crippen LogP contribution >= 0.6 is 0 Å². The van der Waals surface area contributed by atoms with E-state index in [-0.39, 0.29) is 11.5 Å². The second-order valence-electron chi connectivity index (χ2n) is 5.37. The number of nitrogens with one attached hydrogen (secondary N) is 2. The lowest BCUT2D eigenvalue weighted by molar-refractivity contribution is -0.138. The number of hydrogen-bond acceptors (Lipinski definition) is 4. The van der Waals surface area contributed by atoms with Gasteiger partial charge in [-0.1, -0.05) is 18.2 Å². The summed E-state index contributed by atoms with van der Waals surface area (Å²) in [6.07, 6.45) is -3.08. The smallest absolute Gasteiger partial charge is 0.349 e. The minimum atomic E-state index is -4.46. The van der Waals surface area contributed by atoms with Gasteiger partial charge in [-0.15, -0.1) is 0 Å². The van der Waals surface area contributed by atoms with E-state index in [1.807, 2.05) is 0 Å². The lowest BCUT2D eigenvalue weighted by Gasteiger charge is -2.19. The molecule has 9 heteroatoms. The Balaban J connectivity index is 1.98. The molecule has 0 unspecified atom stereocenters. The maximum Gasteiger partial charge on any atom is 0.416 e. The fourth-order valence-corrected chi connectivity index (χ4v) is 2.52. The molecule has 2 heterocycles. The number of benzene rings is 1. The molecule has 0 amide bonds. The highest BCUT2D eigenvalue weighted by molar-refractivity contribution is 5.74. The first-order chi connectivity index (χ1) is 11.3. The number of hydrogen-bond donors (Lipinski definition) is 2. The van der Waals surface area contributed by atoms with Crippen molar-refractivity contribution in [1.29, 1.82) is 0 Å². The number of anilines is 1. The van der Waals surface area contributed by atoms with Crippen LogP contribution in [0.25, 0.3) is 11.0 Å². The third kappa shape index (κ3) is 2.84. The van der Waals surface area contributed by atoms with Gasteiger partial charge < -0.3 is 5.32 Å². The second kappa shape index (κ2) is 5.66. The number of H-pyrrole nitrogens is 1. The average Bonchev–Trinajstić information content (AvgIpc) is 2.88. The molecule has 1 atom stereocenters. The van der Waals surface area contributed by atoms with E-state index in [1.165, 1.54) is 29.1 Å². The maximum absolute atomic E-state index is 13.1. The minimum absolute atomic E-state index is 0.0674. The molecular weight excluding hydrogens is 323 g/mol. The standard InChI is InChI=1S/C15H14F3N5O/c1-8(9-5-3-4-6-11(9)15(16,17)18)20-14-21-12-10(13(24)22-14)7-19-23(12)2/h3-8H,1-2H3,(H2,20,21,22,24)/t8-/m0/s1. The van der Waals surface area contributed by atoms with E-state index in [1.54, 1.807) is 14.0 Å². The predicted octanol–water partition coefficient (Wildman–Crippen LogP) is 2.85. The second-order valence-corrected chi connectivity index (χ2v) is 5.37. The summed E-state index contributed by atoms with van der Waals surface area (Å²) in [6, 6.07) is 4.57. The summed E-state index contributed by atoms with van der Waals surface area (Å²) in [7, 11) is 1.63. The highest BCUT2D eigenvalue weighted by Gasteiger charge is 2.34. The van der Waals surface area contributed by atoms with E-state index in [0.29, 0.717) is 11.0 Å². The molecular formula is C15H14F3N5O. The van der Waals surface area contributed by atoms with Crippen LogP contribution in [0, 0.1) is 0 Å². The fourth-order valence-electron chi connectivity index (χ4n) is 2.52. The van der Waals surface area contributed by atoms with Crippen molar-refractivity contribution < 1.29 is 13.2 Å². The Kier molecular flexibility index (Phi) is 3.78. The van der Waals surface area contributed by atoms with Gasteiger partial charge in [0, 0.05) is 7.05 Å². The molecule has 2 N–H and O–H groups in total. The van der Waals surface area contributed by atoms with Crippen LogP contribution in [0.15, 0.2) is 35.3 Å². The fraction of sp³-hybridized carbons (Fsp3) is 0.267. The van der Waals surface area contributed by atoms with E-state index < -0.39 is 23.3 Å². The van der Waals surface area contributed by atoms with Crippen LogP contribution in [-0.4, -0.2) is 19.7 Å². The van der Waals surface area contributed by atoms with Crippen LogP contribution in [0.1, 0.15) is 24.1 Å². The third-order valence-corrected chi connectivity index (χ3v) is 3.69. The topological polar surface area (TPSA) is 75.6 Å². The first kappa shape index (κ1) is 16.0. The zero-order valence-electron chi connectivity index (χ0n) is 12.8. The molecule has 2 aromatic heterocycles. The van der Waals surface area contributed by atoms with Gasteiger partial charge in [-0.3, -0.25) is 14.5 Å². The summed E-state index contributed by atoms with van der Waals surface area (Å²) >= 11 is 0. The molecule has 0 bridgehead atoms. The Bertz CT molecular complexity index is 944. The minimum Gasteiger partial charge on any atom is -0.349 e. The molecule has 0 spiro atoms. The van der Waals surface area contributed by atoms with E-state index >= 15 is 0 Å². The summed E-state index contributed by atoms with van der Waals surface area (Å²) in [5.41, 5.74) is -0.726. The van der Waals surface area contributed by atoms with Crippen molar-refractivity contribution in [2.24, 2.45) is 7.05 Å². The summed E-state index contributed by atoms with van der Waals surface area (Å²) in [5.74, 6) is 0.0839. The molecule has 0 saturated heterocycles. The molecule has 0 saturated carbocycles. The largest absolute Gasteiger partial charge is 0.416 e. The van der Waals surface area contributed by atoms with Crippen molar-refractivity contribution in [3.05, 3.63) is 51.9 Å². The van der Waals surface area contributed by atoms with Crippen LogP contribution < -0.4 is 10.9 Å². The van der Waals surface area contributed by atoms with Crippen LogP contribution in [-0.2, 0) is 13.2 Å². The molecule has 0 aliphatic rings. The van der Waals surface area contributed by atoms with E-state index in [9.17, 15) is 18.0 Å². The summed E-state index contributed by atoms with van der Waals surface area (Å²) in [6.45, 7) is 1.57. The molecule has 6 nitrogen and oxygen atoms in total. The van der Waals surface area contributed by atoms with Crippen LogP contribution in [0.5, 0.6) is 0 Å². The lowest BCUT2D eigenvalue weighted by Crippen LogP contribution is -2.18. The van der Waals surface area contributed by atoms with Crippen LogP contribution in [0.3, 0.4) is 0 Å². The van der Waals surface area contributed by atoms with Gasteiger partial charge in [0.25, 0.3) is 5.56 Å². The molecule has 3 rings (SSSR count). The molecule has 0 aliphatic heterocycles. The maximum atomic E-state index is 13.1. The number of halogens is 3. The van der Waals surface area contributed by atoms with Gasteiger partial charge in [0.2, 0.25) is 5.95 Å². The molecule has 1 aromatic carbocycles. The average molecular weight is 337 g/mol. The Labute approximate surface area is 134 Å². The van der Waals surface area contributed by atoms with Gasteiger partial charge >= 0.3 is 6.18 Å². The Morgan fingerprint density at radius 3 is 2.71 bits per heavy atom. The first-order valence-corrected chi connectivity index (χ1v) is 7.12. The van der Waals surface area contributed by atoms with Crippen molar-refractivity contribution in [2.45, 2.75) is 19.1 Å². The van der Waals surface area contributed by atoms with Gasteiger partial charge in [-0.05, 0) is 18.6 Å². The summed E-state index contributed by atoms with van der Waals surface area (Å²) in [4.78, 5) is 18.7. The number of aromatic nitrogens is 4. The number of alkyl halides is 3. The number of fused-ring (bicyclic) bond motifs is 1. The van der Waals surface area contributed by atoms with Gasteiger partial charge in [0.05, 0.1) is 17.8 Å². The number of aryl methyl sites for hydroxylation is 1. The van der Waals surface area contributed by atoms with E-state index in [2.05, 4.69) is 20.4 Å². The van der Waals surface area contributed by atoms with Crippen molar-refractivity contribution >= 4 is 17.0 Å². The Morgan fingerprint density at radius 2 is 2.00 bits per heavy atom.